The Hall–Kier alpha value is -1.04. The third-order valence-electron chi connectivity index (χ3n) is 3.24. The predicted octanol–water partition coefficient (Wildman–Crippen LogP) is 1.35. The van der Waals surface area contributed by atoms with Crippen LogP contribution in [0.1, 0.15) is 23.8 Å². The summed E-state index contributed by atoms with van der Waals surface area (Å²) in [4.78, 5) is 14.3. The van der Waals surface area contributed by atoms with Gasteiger partial charge in [0.1, 0.15) is 5.69 Å². The Kier molecular flexibility index (Phi) is 4.85. The Morgan fingerprint density at radius 2 is 2.42 bits per heavy atom. The molecule has 19 heavy (non-hydrogen) atoms. The molecular weight excluding hydrogens is 266 g/mol. The standard InChI is InChI=1S/C13H20ClN3O2/c1-2-3-16-8-10(14)6-12(16)13(18)17-4-5-19-11(7-15)9-17/h6,8,11H,2-5,7,9,15H2,1H3. The molecule has 0 aliphatic carbocycles. The van der Waals surface area contributed by atoms with Crippen molar-refractivity contribution in [3.05, 3.63) is 23.0 Å². The molecule has 0 radical (unpaired) electrons. The second-order valence-corrected chi connectivity index (χ2v) is 5.15. The first-order chi connectivity index (χ1) is 9.15. The highest BCUT2D eigenvalue weighted by Gasteiger charge is 2.26. The van der Waals surface area contributed by atoms with E-state index in [0.29, 0.717) is 37.0 Å². The molecule has 0 saturated carbocycles. The summed E-state index contributed by atoms with van der Waals surface area (Å²) in [6, 6.07) is 1.73. The lowest BCUT2D eigenvalue weighted by molar-refractivity contribution is -0.0171. The second kappa shape index (κ2) is 6.41. The van der Waals surface area contributed by atoms with Gasteiger partial charge in [-0.15, -0.1) is 0 Å². The molecule has 1 aliphatic rings. The van der Waals surface area contributed by atoms with Crippen LogP contribution in [0, 0.1) is 0 Å². The summed E-state index contributed by atoms with van der Waals surface area (Å²) < 4.78 is 7.39. The first-order valence-corrected chi connectivity index (χ1v) is 7.00. The SMILES string of the molecule is CCCn1cc(Cl)cc1C(=O)N1CCOC(CN)C1. The minimum atomic E-state index is -0.0669. The molecule has 6 heteroatoms. The topological polar surface area (TPSA) is 60.5 Å². The number of nitrogens with zero attached hydrogens (tertiary/aromatic N) is 2. The summed E-state index contributed by atoms with van der Waals surface area (Å²) >= 11 is 6.00. The summed E-state index contributed by atoms with van der Waals surface area (Å²) in [7, 11) is 0. The Morgan fingerprint density at radius 1 is 1.63 bits per heavy atom. The molecular formula is C13H20ClN3O2. The van der Waals surface area contributed by atoms with Gasteiger partial charge in [0.15, 0.2) is 0 Å². The van der Waals surface area contributed by atoms with Crippen LogP contribution in [-0.2, 0) is 11.3 Å². The number of rotatable bonds is 4. The van der Waals surface area contributed by atoms with Crippen molar-refractivity contribution in [2.24, 2.45) is 5.73 Å². The van der Waals surface area contributed by atoms with Crippen molar-refractivity contribution in [2.45, 2.75) is 26.0 Å². The summed E-state index contributed by atoms with van der Waals surface area (Å²) in [6.45, 7) is 4.98. The summed E-state index contributed by atoms with van der Waals surface area (Å²) in [6.07, 6.45) is 2.70. The smallest absolute Gasteiger partial charge is 0.270 e. The number of hydrogen-bond donors (Lipinski definition) is 1. The molecule has 2 rings (SSSR count). The molecule has 0 bridgehead atoms. The van der Waals surface area contributed by atoms with Crippen LogP contribution >= 0.6 is 11.6 Å². The van der Waals surface area contributed by atoms with Gasteiger partial charge >= 0.3 is 0 Å². The molecule has 106 valence electrons. The number of carbonyl (C=O) groups is 1. The van der Waals surface area contributed by atoms with Crippen LogP contribution in [0.2, 0.25) is 5.02 Å². The minimum Gasteiger partial charge on any atom is -0.373 e. The minimum absolute atomic E-state index is 0.00194. The van der Waals surface area contributed by atoms with Crippen LogP contribution in [0.4, 0.5) is 0 Å². The molecule has 1 atom stereocenters. The van der Waals surface area contributed by atoms with Gasteiger partial charge in [-0.25, -0.2) is 0 Å². The summed E-state index contributed by atoms with van der Waals surface area (Å²) in [5, 5.41) is 0.598. The number of carbonyl (C=O) groups excluding carboxylic acids is 1. The molecule has 2 N–H and O–H groups in total. The fourth-order valence-electron chi connectivity index (χ4n) is 2.29. The van der Waals surface area contributed by atoms with E-state index >= 15 is 0 Å². The van der Waals surface area contributed by atoms with E-state index in [0.717, 1.165) is 13.0 Å². The van der Waals surface area contributed by atoms with Gasteiger partial charge in [-0.1, -0.05) is 18.5 Å². The van der Waals surface area contributed by atoms with Crippen molar-refractivity contribution in [3.8, 4) is 0 Å². The fourth-order valence-corrected chi connectivity index (χ4v) is 2.51. The lowest BCUT2D eigenvalue weighted by Crippen LogP contribution is -2.48. The third-order valence-corrected chi connectivity index (χ3v) is 3.44. The molecule has 1 unspecified atom stereocenters. The molecule has 5 nitrogen and oxygen atoms in total. The van der Waals surface area contributed by atoms with Crippen LogP contribution in [0.15, 0.2) is 12.3 Å². The van der Waals surface area contributed by atoms with Crippen LogP contribution in [0.3, 0.4) is 0 Å². The van der Waals surface area contributed by atoms with Crippen molar-refractivity contribution in [1.82, 2.24) is 9.47 Å². The van der Waals surface area contributed by atoms with E-state index in [1.807, 2.05) is 4.57 Å². The van der Waals surface area contributed by atoms with E-state index in [-0.39, 0.29) is 12.0 Å². The van der Waals surface area contributed by atoms with Gasteiger partial charge in [0.25, 0.3) is 5.91 Å². The predicted molar refractivity (Wildman–Crippen MR) is 74.4 cm³/mol. The number of amides is 1. The highest BCUT2D eigenvalue weighted by atomic mass is 35.5. The van der Waals surface area contributed by atoms with Crippen LogP contribution in [-0.4, -0.2) is 47.7 Å². The van der Waals surface area contributed by atoms with E-state index in [1.54, 1.807) is 17.2 Å². The maximum absolute atomic E-state index is 12.5. The van der Waals surface area contributed by atoms with Crippen LogP contribution in [0.25, 0.3) is 0 Å². The van der Waals surface area contributed by atoms with E-state index in [9.17, 15) is 4.79 Å². The van der Waals surface area contributed by atoms with Crippen molar-refractivity contribution in [3.63, 3.8) is 0 Å². The van der Waals surface area contributed by atoms with Crippen molar-refractivity contribution < 1.29 is 9.53 Å². The number of nitrogens with two attached hydrogens (primary N) is 1. The van der Waals surface area contributed by atoms with Gasteiger partial charge in [-0.05, 0) is 12.5 Å². The highest BCUT2D eigenvalue weighted by Crippen LogP contribution is 2.18. The lowest BCUT2D eigenvalue weighted by Gasteiger charge is -2.32. The zero-order valence-electron chi connectivity index (χ0n) is 11.1. The van der Waals surface area contributed by atoms with E-state index < -0.39 is 0 Å². The fraction of sp³-hybridized carbons (Fsp3) is 0.615. The van der Waals surface area contributed by atoms with Crippen LogP contribution in [0.5, 0.6) is 0 Å². The maximum Gasteiger partial charge on any atom is 0.270 e. The van der Waals surface area contributed by atoms with Crippen molar-refractivity contribution >= 4 is 17.5 Å². The summed E-state index contributed by atoms with van der Waals surface area (Å²) in [5.74, 6) is 0.00194. The zero-order valence-corrected chi connectivity index (χ0v) is 11.9. The largest absolute Gasteiger partial charge is 0.373 e. The first-order valence-electron chi connectivity index (χ1n) is 6.62. The summed E-state index contributed by atoms with van der Waals surface area (Å²) in [5.41, 5.74) is 6.24. The van der Waals surface area contributed by atoms with E-state index in [2.05, 4.69) is 6.92 Å². The highest BCUT2D eigenvalue weighted by molar-refractivity contribution is 6.31. The number of hydrogen-bond acceptors (Lipinski definition) is 3. The van der Waals surface area contributed by atoms with E-state index in [4.69, 9.17) is 22.1 Å². The van der Waals surface area contributed by atoms with Gasteiger partial charge in [0, 0.05) is 32.4 Å². The Bertz CT molecular complexity index is 447. The number of aryl methyl sites for hydroxylation is 1. The van der Waals surface area contributed by atoms with Gasteiger partial charge in [-0.2, -0.15) is 0 Å². The molecule has 1 amide bonds. The average molecular weight is 286 g/mol. The number of halogens is 1. The number of aromatic nitrogens is 1. The Morgan fingerprint density at radius 3 is 3.11 bits per heavy atom. The van der Waals surface area contributed by atoms with Gasteiger partial charge < -0.3 is 19.9 Å². The van der Waals surface area contributed by atoms with Crippen LogP contribution < -0.4 is 5.73 Å². The van der Waals surface area contributed by atoms with Crippen molar-refractivity contribution in [1.29, 1.82) is 0 Å². The molecule has 2 heterocycles. The molecule has 0 spiro atoms. The Balaban J connectivity index is 2.14. The molecule has 1 aromatic heterocycles. The third kappa shape index (κ3) is 3.29. The van der Waals surface area contributed by atoms with Gasteiger partial charge in [-0.3, -0.25) is 4.79 Å². The van der Waals surface area contributed by atoms with Gasteiger partial charge in [0.05, 0.1) is 17.7 Å². The first kappa shape index (κ1) is 14.4. The second-order valence-electron chi connectivity index (χ2n) is 4.72. The van der Waals surface area contributed by atoms with Crippen molar-refractivity contribution in [2.75, 3.05) is 26.2 Å². The molecule has 1 aromatic rings. The quantitative estimate of drug-likeness (QED) is 0.908. The maximum atomic E-state index is 12.5. The Labute approximate surface area is 118 Å². The van der Waals surface area contributed by atoms with Gasteiger partial charge in [0.2, 0.25) is 0 Å². The number of ether oxygens (including phenoxy) is 1. The molecule has 0 aromatic carbocycles. The normalized spacial score (nSPS) is 19.7. The lowest BCUT2D eigenvalue weighted by atomic mass is 10.2. The molecule has 1 aliphatic heterocycles. The molecule has 1 fully saturated rings. The zero-order chi connectivity index (χ0) is 13.8. The average Bonchev–Trinajstić information content (AvgIpc) is 2.79. The van der Waals surface area contributed by atoms with E-state index in [1.165, 1.54) is 0 Å². The monoisotopic (exact) mass is 285 g/mol. The number of morpholine rings is 1. The molecule has 1 saturated heterocycles.